The van der Waals surface area contributed by atoms with E-state index in [9.17, 15) is 0 Å². The van der Waals surface area contributed by atoms with Crippen LogP contribution in [-0.2, 0) is 5.33 Å². The third-order valence-electron chi connectivity index (χ3n) is 4.67. The molecule has 1 aromatic carbocycles. The molecule has 1 aliphatic carbocycles. The van der Waals surface area contributed by atoms with E-state index < -0.39 is 0 Å². The highest BCUT2D eigenvalue weighted by molar-refractivity contribution is 9.08. The Hall–Kier alpha value is -0.300. The van der Waals surface area contributed by atoms with Crippen LogP contribution in [-0.4, -0.2) is 0 Å². The minimum atomic E-state index is 0.826. The summed E-state index contributed by atoms with van der Waals surface area (Å²) in [5, 5.41) is 0.970. The predicted molar refractivity (Wildman–Crippen MR) is 87.9 cm³/mol. The molecule has 0 N–H and O–H groups in total. The van der Waals surface area contributed by atoms with Crippen molar-refractivity contribution < 1.29 is 0 Å². The maximum absolute atomic E-state index is 3.52. The fourth-order valence-electron chi connectivity index (χ4n) is 3.35. The van der Waals surface area contributed by atoms with Gasteiger partial charge in [0, 0.05) is 5.33 Å². The van der Waals surface area contributed by atoms with Crippen LogP contribution in [0.1, 0.15) is 75.3 Å². The zero-order chi connectivity index (χ0) is 13.5. The maximum Gasteiger partial charge on any atom is 0.0283 e. The first-order valence-corrected chi connectivity index (χ1v) is 9.10. The van der Waals surface area contributed by atoms with Crippen LogP contribution in [0.2, 0.25) is 0 Å². The summed E-state index contributed by atoms with van der Waals surface area (Å²) in [5.74, 6) is 1.84. The SMILES string of the molecule is CCCCC[C@H]1CC[C@H](c2ccc(CBr)cc2)CC1. The number of halogens is 1. The second-order valence-corrected chi connectivity index (χ2v) is 6.65. The van der Waals surface area contributed by atoms with Crippen molar-refractivity contribution in [2.75, 3.05) is 0 Å². The molecule has 0 aliphatic heterocycles. The van der Waals surface area contributed by atoms with Gasteiger partial charge in [0.25, 0.3) is 0 Å². The van der Waals surface area contributed by atoms with Gasteiger partial charge in [-0.1, -0.05) is 72.8 Å². The van der Waals surface area contributed by atoms with Gasteiger partial charge in [-0.15, -0.1) is 0 Å². The molecule has 1 heteroatoms. The Kier molecular flexibility index (Phi) is 6.43. The zero-order valence-corrected chi connectivity index (χ0v) is 13.8. The maximum atomic E-state index is 3.52. The third-order valence-corrected chi connectivity index (χ3v) is 5.32. The highest BCUT2D eigenvalue weighted by atomic mass is 79.9. The molecular formula is C18H27Br. The molecule has 2 rings (SSSR count). The summed E-state index contributed by atoms with van der Waals surface area (Å²) in [4.78, 5) is 0. The van der Waals surface area contributed by atoms with Gasteiger partial charge in [-0.2, -0.15) is 0 Å². The first-order chi connectivity index (χ1) is 9.33. The van der Waals surface area contributed by atoms with Crippen molar-refractivity contribution in [3.63, 3.8) is 0 Å². The Morgan fingerprint density at radius 2 is 1.68 bits per heavy atom. The Balaban J connectivity index is 1.78. The monoisotopic (exact) mass is 322 g/mol. The largest absolute Gasteiger partial charge is 0.0876 e. The quantitative estimate of drug-likeness (QED) is 0.418. The molecule has 0 spiro atoms. The number of rotatable bonds is 6. The van der Waals surface area contributed by atoms with Gasteiger partial charge in [0.05, 0.1) is 0 Å². The molecule has 0 aromatic heterocycles. The Morgan fingerprint density at radius 3 is 2.26 bits per heavy atom. The molecule has 0 bridgehead atoms. The molecule has 0 atom stereocenters. The van der Waals surface area contributed by atoms with Crippen molar-refractivity contribution in [3.05, 3.63) is 35.4 Å². The molecule has 0 nitrogen and oxygen atoms in total. The molecule has 1 fully saturated rings. The number of alkyl halides is 1. The van der Waals surface area contributed by atoms with Crippen LogP contribution in [0, 0.1) is 5.92 Å². The van der Waals surface area contributed by atoms with Crippen molar-refractivity contribution in [1.82, 2.24) is 0 Å². The molecule has 1 saturated carbocycles. The van der Waals surface area contributed by atoms with Crippen molar-refractivity contribution in [2.24, 2.45) is 5.92 Å². The van der Waals surface area contributed by atoms with Gasteiger partial charge in [-0.3, -0.25) is 0 Å². The van der Waals surface area contributed by atoms with Gasteiger partial charge >= 0.3 is 0 Å². The molecule has 0 unspecified atom stereocenters. The van der Waals surface area contributed by atoms with Crippen LogP contribution >= 0.6 is 15.9 Å². The smallest absolute Gasteiger partial charge is 0.0283 e. The number of hydrogen-bond acceptors (Lipinski definition) is 0. The van der Waals surface area contributed by atoms with E-state index in [-0.39, 0.29) is 0 Å². The summed E-state index contributed by atoms with van der Waals surface area (Å²) in [6, 6.07) is 9.24. The normalized spacial score (nSPS) is 23.5. The Labute approximate surface area is 127 Å². The summed E-state index contributed by atoms with van der Waals surface area (Å²) in [6.07, 6.45) is 11.4. The van der Waals surface area contributed by atoms with E-state index in [4.69, 9.17) is 0 Å². The van der Waals surface area contributed by atoms with E-state index in [2.05, 4.69) is 47.1 Å². The van der Waals surface area contributed by atoms with E-state index in [1.807, 2.05) is 0 Å². The summed E-state index contributed by atoms with van der Waals surface area (Å²) >= 11 is 3.52. The lowest BCUT2D eigenvalue weighted by Crippen LogP contribution is -2.13. The third kappa shape index (κ3) is 4.63. The van der Waals surface area contributed by atoms with Crippen molar-refractivity contribution in [2.45, 2.75) is 69.5 Å². The second kappa shape index (κ2) is 8.09. The lowest BCUT2D eigenvalue weighted by molar-refractivity contribution is 0.303. The van der Waals surface area contributed by atoms with Gasteiger partial charge in [-0.05, 0) is 48.6 Å². The van der Waals surface area contributed by atoms with Crippen LogP contribution in [0.5, 0.6) is 0 Å². The van der Waals surface area contributed by atoms with Gasteiger partial charge in [0.2, 0.25) is 0 Å². The summed E-state index contributed by atoms with van der Waals surface area (Å²) in [7, 11) is 0. The highest BCUT2D eigenvalue weighted by Gasteiger charge is 2.21. The topological polar surface area (TPSA) is 0 Å². The fraction of sp³-hybridized carbons (Fsp3) is 0.667. The minimum Gasteiger partial charge on any atom is -0.0876 e. The second-order valence-electron chi connectivity index (χ2n) is 6.09. The van der Waals surface area contributed by atoms with Gasteiger partial charge in [0.1, 0.15) is 0 Å². The summed E-state index contributed by atoms with van der Waals surface area (Å²) < 4.78 is 0. The van der Waals surface area contributed by atoms with Crippen LogP contribution in [0.3, 0.4) is 0 Å². The van der Waals surface area contributed by atoms with E-state index >= 15 is 0 Å². The van der Waals surface area contributed by atoms with E-state index in [0.29, 0.717) is 0 Å². The summed E-state index contributed by atoms with van der Waals surface area (Å²) in [6.45, 7) is 2.30. The lowest BCUT2D eigenvalue weighted by atomic mass is 9.77. The van der Waals surface area contributed by atoms with Crippen molar-refractivity contribution >= 4 is 15.9 Å². The van der Waals surface area contributed by atoms with Gasteiger partial charge in [-0.25, -0.2) is 0 Å². The average Bonchev–Trinajstić information content (AvgIpc) is 2.48. The molecule has 1 aromatic rings. The zero-order valence-electron chi connectivity index (χ0n) is 12.2. The first-order valence-electron chi connectivity index (χ1n) is 7.98. The van der Waals surface area contributed by atoms with Gasteiger partial charge in [0.15, 0.2) is 0 Å². The van der Waals surface area contributed by atoms with E-state index in [0.717, 1.165) is 17.2 Å². The van der Waals surface area contributed by atoms with Crippen LogP contribution in [0.15, 0.2) is 24.3 Å². The van der Waals surface area contributed by atoms with E-state index in [1.165, 1.54) is 56.9 Å². The molecule has 19 heavy (non-hydrogen) atoms. The predicted octanol–water partition coefficient (Wildman–Crippen LogP) is 6.44. The number of benzene rings is 1. The first kappa shape index (κ1) is 15.1. The number of hydrogen-bond donors (Lipinski definition) is 0. The Bertz CT molecular complexity index is 346. The lowest BCUT2D eigenvalue weighted by Gasteiger charge is -2.29. The molecular weight excluding hydrogens is 296 g/mol. The molecule has 0 heterocycles. The van der Waals surface area contributed by atoms with Crippen LogP contribution in [0.4, 0.5) is 0 Å². The molecule has 0 saturated heterocycles. The highest BCUT2D eigenvalue weighted by Crippen LogP contribution is 2.37. The number of unbranched alkanes of at least 4 members (excludes halogenated alkanes) is 2. The van der Waals surface area contributed by atoms with E-state index in [1.54, 1.807) is 5.56 Å². The molecule has 0 amide bonds. The van der Waals surface area contributed by atoms with Crippen LogP contribution < -0.4 is 0 Å². The minimum absolute atomic E-state index is 0.826. The molecule has 106 valence electrons. The molecule has 0 radical (unpaired) electrons. The standard InChI is InChI=1S/C18H27Br/c1-2-3-4-5-15-6-10-17(11-7-15)18-12-8-16(14-19)9-13-18/h8-9,12-13,15,17H,2-7,10-11,14H2,1H3/t15-,17-. The molecule has 1 aliphatic rings. The van der Waals surface area contributed by atoms with Crippen molar-refractivity contribution in [1.29, 1.82) is 0 Å². The van der Waals surface area contributed by atoms with Crippen LogP contribution in [0.25, 0.3) is 0 Å². The fourth-order valence-corrected chi connectivity index (χ4v) is 3.72. The van der Waals surface area contributed by atoms with Crippen molar-refractivity contribution in [3.8, 4) is 0 Å². The van der Waals surface area contributed by atoms with Gasteiger partial charge < -0.3 is 0 Å². The Morgan fingerprint density at radius 1 is 1.00 bits per heavy atom. The average molecular weight is 323 g/mol. The summed E-state index contributed by atoms with van der Waals surface area (Å²) in [5.41, 5.74) is 2.95.